The lowest BCUT2D eigenvalue weighted by molar-refractivity contribution is -0.136. The highest BCUT2D eigenvalue weighted by molar-refractivity contribution is 14.1. The maximum absolute atomic E-state index is 12.9. The van der Waals surface area contributed by atoms with E-state index >= 15 is 0 Å². The molecular weight excluding hydrogens is 525 g/mol. The summed E-state index contributed by atoms with van der Waals surface area (Å²) in [7, 11) is 3.14. The van der Waals surface area contributed by atoms with Gasteiger partial charge in [-0.15, -0.1) is 0 Å². The van der Waals surface area contributed by atoms with Crippen LogP contribution in [-0.4, -0.2) is 47.8 Å². The molecule has 32 heavy (non-hydrogen) atoms. The molecule has 0 fully saturated rings. The molecule has 0 N–H and O–H groups in total. The fourth-order valence-electron chi connectivity index (χ4n) is 3.03. The van der Waals surface area contributed by atoms with E-state index in [0.29, 0.717) is 29.0 Å². The topological polar surface area (TPSA) is 86.9 Å². The zero-order valence-electron chi connectivity index (χ0n) is 18.5. The molecule has 1 atom stereocenters. The first-order chi connectivity index (χ1) is 15.4. The molecule has 0 aliphatic carbocycles. The van der Waals surface area contributed by atoms with E-state index in [0.717, 1.165) is 15.6 Å². The van der Waals surface area contributed by atoms with Crippen LogP contribution in [0.25, 0.3) is 11.4 Å². The van der Waals surface area contributed by atoms with Crippen LogP contribution >= 0.6 is 22.6 Å². The SMILES string of the molecule is CC[C@@H](C)N(Cc1nc(-c2ccc(OC)c(OC)c2)no1)C(=O)COc1ccc(I)cc1. The zero-order valence-corrected chi connectivity index (χ0v) is 20.7. The third-order valence-corrected chi connectivity index (χ3v) is 5.75. The number of carbonyl (C=O) groups is 1. The molecule has 1 aromatic heterocycles. The van der Waals surface area contributed by atoms with Crippen molar-refractivity contribution >= 4 is 28.5 Å². The number of benzene rings is 2. The molecule has 1 amide bonds. The Bertz CT molecular complexity index is 1040. The molecule has 0 radical (unpaired) electrons. The van der Waals surface area contributed by atoms with Crippen molar-refractivity contribution in [2.75, 3.05) is 20.8 Å². The van der Waals surface area contributed by atoms with Crippen molar-refractivity contribution in [3.63, 3.8) is 0 Å². The molecule has 0 unspecified atom stereocenters. The van der Waals surface area contributed by atoms with Crippen LogP contribution in [0, 0.1) is 3.57 Å². The van der Waals surface area contributed by atoms with Crippen LogP contribution in [-0.2, 0) is 11.3 Å². The summed E-state index contributed by atoms with van der Waals surface area (Å²) >= 11 is 2.22. The van der Waals surface area contributed by atoms with Crippen molar-refractivity contribution in [1.29, 1.82) is 0 Å². The number of carbonyl (C=O) groups excluding carboxylic acids is 1. The Morgan fingerprint density at radius 2 is 1.84 bits per heavy atom. The van der Waals surface area contributed by atoms with E-state index in [-0.39, 0.29) is 25.1 Å². The summed E-state index contributed by atoms with van der Waals surface area (Å²) in [6.45, 7) is 4.13. The molecule has 0 saturated carbocycles. The maximum Gasteiger partial charge on any atom is 0.261 e. The van der Waals surface area contributed by atoms with Crippen molar-refractivity contribution in [2.24, 2.45) is 0 Å². The lowest BCUT2D eigenvalue weighted by Gasteiger charge is -2.27. The summed E-state index contributed by atoms with van der Waals surface area (Å²) in [5.41, 5.74) is 0.723. The Labute approximate surface area is 201 Å². The highest BCUT2D eigenvalue weighted by Crippen LogP contribution is 2.31. The third kappa shape index (κ3) is 5.90. The average molecular weight is 551 g/mol. The van der Waals surface area contributed by atoms with Gasteiger partial charge in [-0.3, -0.25) is 4.79 Å². The Balaban J connectivity index is 1.71. The van der Waals surface area contributed by atoms with Gasteiger partial charge >= 0.3 is 0 Å². The van der Waals surface area contributed by atoms with Crippen LogP contribution in [0.5, 0.6) is 17.2 Å². The van der Waals surface area contributed by atoms with Crippen LogP contribution in [0.15, 0.2) is 47.0 Å². The van der Waals surface area contributed by atoms with Gasteiger partial charge in [0.1, 0.15) is 12.3 Å². The van der Waals surface area contributed by atoms with Gasteiger partial charge in [0.25, 0.3) is 5.91 Å². The molecule has 2 aromatic carbocycles. The number of nitrogens with zero attached hydrogens (tertiary/aromatic N) is 3. The molecule has 1 heterocycles. The Hall–Kier alpha value is -2.82. The number of halogens is 1. The van der Waals surface area contributed by atoms with Crippen LogP contribution in [0.3, 0.4) is 0 Å². The van der Waals surface area contributed by atoms with Crippen molar-refractivity contribution < 1.29 is 23.5 Å². The van der Waals surface area contributed by atoms with Crippen molar-refractivity contribution in [2.45, 2.75) is 32.9 Å². The minimum Gasteiger partial charge on any atom is -0.493 e. The van der Waals surface area contributed by atoms with Gasteiger partial charge in [0.2, 0.25) is 11.7 Å². The Morgan fingerprint density at radius 3 is 2.50 bits per heavy atom. The second kappa shape index (κ2) is 11.2. The molecule has 3 aromatic rings. The predicted octanol–water partition coefficient (Wildman–Crippen LogP) is 4.56. The Morgan fingerprint density at radius 1 is 1.12 bits per heavy atom. The van der Waals surface area contributed by atoms with E-state index in [1.807, 2.05) is 44.2 Å². The van der Waals surface area contributed by atoms with E-state index in [2.05, 4.69) is 32.7 Å². The lowest BCUT2D eigenvalue weighted by atomic mass is 10.2. The molecule has 0 bridgehead atoms. The lowest BCUT2D eigenvalue weighted by Crippen LogP contribution is -2.40. The second-order valence-corrected chi connectivity index (χ2v) is 8.35. The standard InChI is InChI=1S/C23H26IN3O5/c1-5-15(2)27(22(28)14-31-18-9-7-17(24)8-10-18)13-21-25-23(26-32-21)16-6-11-19(29-3)20(12-16)30-4/h6-12,15H,5,13-14H2,1-4H3/t15-/m1/s1. The zero-order chi connectivity index (χ0) is 23.1. The normalized spacial score (nSPS) is 11.7. The minimum absolute atomic E-state index is 0.0146. The van der Waals surface area contributed by atoms with Gasteiger partial charge in [-0.2, -0.15) is 4.98 Å². The van der Waals surface area contributed by atoms with Gasteiger partial charge < -0.3 is 23.6 Å². The van der Waals surface area contributed by atoms with Gasteiger partial charge in [-0.1, -0.05) is 12.1 Å². The number of hydrogen-bond donors (Lipinski definition) is 0. The summed E-state index contributed by atoms with van der Waals surface area (Å²) in [4.78, 5) is 19.1. The van der Waals surface area contributed by atoms with Crippen molar-refractivity contribution in [1.82, 2.24) is 15.0 Å². The number of hydrogen-bond acceptors (Lipinski definition) is 7. The highest BCUT2D eigenvalue weighted by atomic mass is 127. The first-order valence-corrected chi connectivity index (χ1v) is 11.3. The van der Waals surface area contributed by atoms with Gasteiger partial charge in [0.05, 0.1) is 14.2 Å². The molecular formula is C23H26IN3O5. The molecule has 9 heteroatoms. The quantitative estimate of drug-likeness (QED) is 0.342. The van der Waals surface area contributed by atoms with Crippen LogP contribution < -0.4 is 14.2 Å². The van der Waals surface area contributed by atoms with Crippen LogP contribution in [0.1, 0.15) is 26.2 Å². The smallest absolute Gasteiger partial charge is 0.261 e. The van der Waals surface area contributed by atoms with E-state index in [4.69, 9.17) is 18.7 Å². The summed E-state index contributed by atoms with van der Waals surface area (Å²) in [6.07, 6.45) is 0.784. The summed E-state index contributed by atoms with van der Waals surface area (Å²) in [5, 5.41) is 4.06. The molecule has 0 aliphatic rings. The molecule has 170 valence electrons. The van der Waals surface area contributed by atoms with Crippen molar-refractivity contribution in [3.05, 3.63) is 51.9 Å². The minimum atomic E-state index is -0.149. The number of aromatic nitrogens is 2. The molecule has 0 spiro atoms. The first-order valence-electron chi connectivity index (χ1n) is 10.2. The van der Waals surface area contributed by atoms with Gasteiger partial charge in [0.15, 0.2) is 18.1 Å². The van der Waals surface area contributed by atoms with E-state index < -0.39 is 0 Å². The van der Waals surface area contributed by atoms with E-state index in [1.54, 1.807) is 31.3 Å². The van der Waals surface area contributed by atoms with Gasteiger partial charge in [-0.25, -0.2) is 0 Å². The van der Waals surface area contributed by atoms with Gasteiger partial charge in [-0.05, 0) is 78.4 Å². The molecule has 0 saturated heterocycles. The predicted molar refractivity (Wildman–Crippen MR) is 128 cm³/mol. The van der Waals surface area contributed by atoms with Crippen LogP contribution in [0.4, 0.5) is 0 Å². The fourth-order valence-corrected chi connectivity index (χ4v) is 3.39. The summed E-state index contributed by atoms with van der Waals surface area (Å²) in [5.74, 6) is 2.44. The monoisotopic (exact) mass is 551 g/mol. The number of rotatable bonds is 10. The van der Waals surface area contributed by atoms with Crippen molar-refractivity contribution in [3.8, 4) is 28.6 Å². The van der Waals surface area contributed by atoms with E-state index in [1.165, 1.54) is 0 Å². The first kappa shape index (κ1) is 23.8. The number of ether oxygens (including phenoxy) is 3. The van der Waals surface area contributed by atoms with Gasteiger partial charge in [0, 0.05) is 15.2 Å². The molecule has 8 nitrogen and oxygen atoms in total. The number of amides is 1. The highest BCUT2D eigenvalue weighted by Gasteiger charge is 2.23. The third-order valence-electron chi connectivity index (χ3n) is 5.03. The second-order valence-electron chi connectivity index (χ2n) is 7.10. The maximum atomic E-state index is 12.9. The Kier molecular flexibility index (Phi) is 8.32. The summed E-state index contributed by atoms with van der Waals surface area (Å²) in [6, 6.07) is 12.9. The fraction of sp³-hybridized carbons (Fsp3) is 0.348. The largest absolute Gasteiger partial charge is 0.493 e. The number of methoxy groups -OCH3 is 2. The van der Waals surface area contributed by atoms with Crippen LogP contribution in [0.2, 0.25) is 0 Å². The molecule has 3 rings (SSSR count). The summed E-state index contributed by atoms with van der Waals surface area (Å²) < 4.78 is 22.8. The average Bonchev–Trinajstić information content (AvgIpc) is 3.29. The molecule has 0 aliphatic heterocycles. The van der Waals surface area contributed by atoms with E-state index in [9.17, 15) is 4.79 Å².